The molecule has 0 spiro atoms. The fourth-order valence-corrected chi connectivity index (χ4v) is 1.58. The van der Waals surface area contributed by atoms with Gasteiger partial charge in [0.05, 0.1) is 6.61 Å². The largest absolute Gasteiger partial charge is 0.395 e. The topological polar surface area (TPSA) is 20.2 Å². The van der Waals surface area contributed by atoms with Crippen molar-refractivity contribution in [1.29, 1.82) is 0 Å². The van der Waals surface area contributed by atoms with Crippen molar-refractivity contribution in [1.82, 2.24) is 0 Å². The molecule has 0 fully saturated rings. The summed E-state index contributed by atoms with van der Waals surface area (Å²) in [4.78, 5) is 0. The average Bonchev–Trinajstić information content (AvgIpc) is 2.09. The predicted octanol–water partition coefficient (Wildman–Crippen LogP) is 2.92. The summed E-state index contributed by atoms with van der Waals surface area (Å²) in [5.41, 5.74) is 2.07. The predicted molar refractivity (Wildman–Crippen MR) is 56.3 cm³/mol. The van der Waals surface area contributed by atoms with Gasteiger partial charge in [0.1, 0.15) is 0 Å². The average molecular weight is 199 g/mol. The molecule has 0 aromatic heterocycles. The summed E-state index contributed by atoms with van der Waals surface area (Å²) >= 11 is 5.90. The summed E-state index contributed by atoms with van der Waals surface area (Å²) < 4.78 is 0. The molecule has 0 atom stereocenters. The van der Waals surface area contributed by atoms with E-state index in [-0.39, 0.29) is 12.0 Å². The van der Waals surface area contributed by atoms with Gasteiger partial charge in [-0.2, -0.15) is 0 Å². The normalized spacial score (nSPS) is 11.8. The van der Waals surface area contributed by atoms with E-state index in [0.29, 0.717) is 0 Å². The molecule has 1 N–H and O–H groups in total. The molecule has 0 radical (unpaired) electrons. The van der Waals surface area contributed by atoms with Gasteiger partial charge in [-0.1, -0.05) is 31.5 Å². The van der Waals surface area contributed by atoms with Crippen molar-refractivity contribution in [2.75, 3.05) is 6.61 Å². The van der Waals surface area contributed by atoms with Gasteiger partial charge in [-0.25, -0.2) is 0 Å². The second-order valence-corrected chi connectivity index (χ2v) is 4.44. The van der Waals surface area contributed by atoms with Gasteiger partial charge in [0.25, 0.3) is 0 Å². The number of benzene rings is 1. The highest BCUT2D eigenvalue weighted by atomic mass is 35.5. The monoisotopic (exact) mass is 198 g/mol. The second-order valence-electron chi connectivity index (χ2n) is 4.00. The Morgan fingerprint density at radius 3 is 2.54 bits per heavy atom. The highest BCUT2D eigenvalue weighted by molar-refractivity contribution is 6.30. The van der Waals surface area contributed by atoms with Crippen LogP contribution in [-0.2, 0) is 5.41 Å². The first-order valence-electron chi connectivity index (χ1n) is 4.35. The van der Waals surface area contributed by atoms with E-state index in [1.165, 1.54) is 5.56 Å². The van der Waals surface area contributed by atoms with E-state index in [2.05, 4.69) is 0 Å². The zero-order valence-corrected chi connectivity index (χ0v) is 9.02. The first-order chi connectivity index (χ1) is 5.97. The maximum atomic E-state index is 9.22. The molecule has 0 heterocycles. The number of aliphatic hydroxyl groups excluding tert-OH is 1. The van der Waals surface area contributed by atoms with Gasteiger partial charge >= 0.3 is 0 Å². The van der Waals surface area contributed by atoms with E-state index in [0.717, 1.165) is 10.6 Å². The first-order valence-corrected chi connectivity index (χ1v) is 4.72. The highest BCUT2D eigenvalue weighted by Crippen LogP contribution is 2.28. The lowest BCUT2D eigenvalue weighted by Gasteiger charge is -2.24. The van der Waals surface area contributed by atoms with Crippen LogP contribution in [0, 0.1) is 6.92 Å². The van der Waals surface area contributed by atoms with Crippen LogP contribution in [0.15, 0.2) is 18.2 Å². The molecule has 0 saturated heterocycles. The van der Waals surface area contributed by atoms with Crippen molar-refractivity contribution in [2.24, 2.45) is 0 Å². The number of aryl methyl sites for hydroxylation is 1. The van der Waals surface area contributed by atoms with Gasteiger partial charge in [0.15, 0.2) is 0 Å². The lowest BCUT2D eigenvalue weighted by atomic mass is 9.83. The number of halogens is 1. The van der Waals surface area contributed by atoms with Crippen LogP contribution in [0.4, 0.5) is 0 Å². The van der Waals surface area contributed by atoms with E-state index >= 15 is 0 Å². The summed E-state index contributed by atoms with van der Waals surface area (Å²) in [6.07, 6.45) is 0. The molecule has 0 aliphatic heterocycles. The van der Waals surface area contributed by atoms with Crippen LogP contribution in [-0.4, -0.2) is 11.7 Å². The minimum atomic E-state index is -0.213. The Kier molecular flexibility index (Phi) is 2.99. The van der Waals surface area contributed by atoms with E-state index in [9.17, 15) is 5.11 Å². The van der Waals surface area contributed by atoms with Gasteiger partial charge in [-0.05, 0) is 30.2 Å². The van der Waals surface area contributed by atoms with Crippen molar-refractivity contribution in [3.8, 4) is 0 Å². The molecule has 0 unspecified atom stereocenters. The summed E-state index contributed by atoms with van der Waals surface area (Å²) in [5.74, 6) is 0. The molecular weight excluding hydrogens is 184 g/mol. The zero-order valence-electron chi connectivity index (χ0n) is 8.26. The molecule has 1 nitrogen and oxygen atoms in total. The summed E-state index contributed by atoms with van der Waals surface area (Å²) in [6.45, 7) is 6.18. The van der Waals surface area contributed by atoms with Crippen molar-refractivity contribution < 1.29 is 5.11 Å². The summed E-state index contributed by atoms with van der Waals surface area (Å²) in [7, 11) is 0. The minimum absolute atomic E-state index is 0.133. The Hall–Kier alpha value is -0.530. The Bertz CT molecular complexity index is 305. The molecule has 1 aromatic rings. The molecule has 2 heteroatoms. The Labute approximate surface area is 84.4 Å². The molecule has 1 rings (SSSR count). The minimum Gasteiger partial charge on any atom is -0.395 e. The Balaban J connectivity index is 3.20. The van der Waals surface area contributed by atoms with E-state index < -0.39 is 0 Å². The number of hydrogen-bond acceptors (Lipinski definition) is 1. The SMILES string of the molecule is Cc1ccc(Cl)cc1C(C)(C)CO. The van der Waals surface area contributed by atoms with Gasteiger partial charge < -0.3 is 5.11 Å². The molecule has 0 amide bonds. The molecule has 0 aliphatic carbocycles. The summed E-state index contributed by atoms with van der Waals surface area (Å²) in [5, 5.41) is 9.94. The second kappa shape index (κ2) is 3.69. The quantitative estimate of drug-likeness (QED) is 0.775. The zero-order chi connectivity index (χ0) is 10.1. The van der Waals surface area contributed by atoms with Crippen molar-refractivity contribution in [3.63, 3.8) is 0 Å². The van der Waals surface area contributed by atoms with Crippen LogP contribution in [0.3, 0.4) is 0 Å². The molecule has 0 saturated carbocycles. The van der Waals surface area contributed by atoms with Crippen LogP contribution >= 0.6 is 11.6 Å². The molecule has 72 valence electrons. The van der Waals surface area contributed by atoms with Crippen LogP contribution in [0.25, 0.3) is 0 Å². The van der Waals surface area contributed by atoms with E-state index in [1.54, 1.807) is 0 Å². The van der Waals surface area contributed by atoms with E-state index in [1.807, 2.05) is 39.0 Å². The van der Waals surface area contributed by atoms with Crippen LogP contribution in [0.5, 0.6) is 0 Å². The Morgan fingerprint density at radius 1 is 1.38 bits per heavy atom. The van der Waals surface area contributed by atoms with Crippen LogP contribution < -0.4 is 0 Å². The van der Waals surface area contributed by atoms with Crippen molar-refractivity contribution >= 4 is 11.6 Å². The summed E-state index contributed by atoms with van der Waals surface area (Å²) in [6, 6.07) is 5.77. The number of rotatable bonds is 2. The first kappa shape index (κ1) is 10.6. The standard InChI is InChI=1S/C11H15ClO/c1-8-4-5-9(12)6-10(8)11(2,3)7-13/h4-6,13H,7H2,1-3H3. The Morgan fingerprint density at radius 2 is 2.00 bits per heavy atom. The van der Waals surface area contributed by atoms with Crippen LogP contribution in [0.2, 0.25) is 5.02 Å². The number of aliphatic hydroxyl groups is 1. The van der Waals surface area contributed by atoms with Gasteiger partial charge in [0, 0.05) is 10.4 Å². The van der Waals surface area contributed by atoms with Crippen LogP contribution in [0.1, 0.15) is 25.0 Å². The molecular formula is C11H15ClO. The maximum Gasteiger partial charge on any atom is 0.0522 e. The highest BCUT2D eigenvalue weighted by Gasteiger charge is 2.21. The maximum absolute atomic E-state index is 9.22. The van der Waals surface area contributed by atoms with Gasteiger partial charge in [-0.3, -0.25) is 0 Å². The number of hydrogen-bond donors (Lipinski definition) is 1. The van der Waals surface area contributed by atoms with Gasteiger partial charge in [0.2, 0.25) is 0 Å². The van der Waals surface area contributed by atoms with Crippen molar-refractivity contribution in [3.05, 3.63) is 34.3 Å². The lowest BCUT2D eigenvalue weighted by Crippen LogP contribution is -2.23. The third-order valence-corrected chi connectivity index (χ3v) is 2.56. The third-order valence-electron chi connectivity index (χ3n) is 2.32. The third kappa shape index (κ3) is 2.23. The van der Waals surface area contributed by atoms with Gasteiger partial charge in [-0.15, -0.1) is 0 Å². The molecule has 0 aliphatic rings. The lowest BCUT2D eigenvalue weighted by molar-refractivity contribution is 0.218. The fraction of sp³-hybridized carbons (Fsp3) is 0.455. The van der Waals surface area contributed by atoms with E-state index in [4.69, 9.17) is 11.6 Å². The fourth-order valence-electron chi connectivity index (χ4n) is 1.41. The molecule has 1 aromatic carbocycles. The smallest absolute Gasteiger partial charge is 0.0522 e. The molecule has 0 bridgehead atoms. The molecule has 13 heavy (non-hydrogen) atoms. The van der Waals surface area contributed by atoms with Crippen molar-refractivity contribution in [2.45, 2.75) is 26.2 Å².